The average molecular weight is 207 g/mol. The molecule has 1 aromatic carbocycles. The number of primary amides is 1. The van der Waals surface area contributed by atoms with E-state index in [1.807, 2.05) is 13.8 Å². The molecule has 82 valence electrons. The molecular weight excluding hydrogens is 190 g/mol. The number of carbonyl (C=O) groups is 1. The van der Waals surface area contributed by atoms with Gasteiger partial charge in [-0.2, -0.15) is 0 Å². The number of benzene rings is 1. The first-order valence-electron chi connectivity index (χ1n) is 5.04. The van der Waals surface area contributed by atoms with E-state index < -0.39 is 5.91 Å². The fraction of sp³-hybridized carbons (Fsp3) is 0.364. The standard InChI is InChI=1S/C11H17N3O/c1-3-14(4-2)10-7-8(11(13)15)5-6-9(10)12/h5-7H,3-4,12H2,1-2H3,(H2,13,15). The molecule has 0 aliphatic carbocycles. The van der Waals surface area contributed by atoms with E-state index >= 15 is 0 Å². The Balaban J connectivity index is 3.15. The minimum atomic E-state index is -0.427. The van der Waals surface area contributed by atoms with Crippen LogP contribution in [0.15, 0.2) is 18.2 Å². The highest BCUT2D eigenvalue weighted by molar-refractivity contribution is 5.95. The van der Waals surface area contributed by atoms with E-state index in [0.717, 1.165) is 18.8 Å². The predicted molar refractivity (Wildman–Crippen MR) is 62.9 cm³/mol. The van der Waals surface area contributed by atoms with Crippen LogP contribution in [0.3, 0.4) is 0 Å². The van der Waals surface area contributed by atoms with Gasteiger partial charge in [-0.05, 0) is 32.0 Å². The van der Waals surface area contributed by atoms with E-state index in [1.165, 1.54) is 0 Å². The molecule has 0 atom stereocenters. The highest BCUT2D eigenvalue weighted by Crippen LogP contribution is 2.24. The van der Waals surface area contributed by atoms with E-state index in [1.54, 1.807) is 18.2 Å². The summed E-state index contributed by atoms with van der Waals surface area (Å²) in [4.78, 5) is 13.1. The third kappa shape index (κ3) is 2.40. The summed E-state index contributed by atoms with van der Waals surface area (Å²) in [6.07, 6.45) is 0. The maximum absolute atomic E-state index is 11.0. The number of rotatable bonds is 4. The van der Waals surface area contributed by atoms with Gasteiger partial charge in [0.25, 0.3) is 0 Å². The Morgan fingerprint density at radius 1 is 1.33 bits per heavy atom. The Morgan fingerprint density at radius 3 is 2.40 bits per heavy atom. The lowest BCUT2D eigenvalue weighted by atomic mass is 10.1. The molecule has 0 aromatic heterocycles. The van der Waals surface area contributed by atoms with Crippen molar-refractivity contribution in [2.75, 3.05) is 23.7 Å². The van der Waals surface area contributed by atoms with E-state index in [0.29, 0.717) is 11.3 Å². The summed E-state index contributed by atoms with van der Waals surface area (Å²) in [5.41, 5.74) is 13.1. The smallest absolute Gasteiger partial charge is 0.248 e. The molecule has 0 saturated heterocycles. The van der Waals surface area contributed by atoms with Crippen molar-refractivity contribution >= 4 is 17.3 Å². The molecule has 1 amide bonds. The number of nitrogens with two attached hydrogens (primary N) is 2. The molecule has 0 fully saturated rings. The van der Waals surface area contributed by atoms with Gasteiger partial charge in [-0.25, -0.2) is 0 Å². The lowest BCUT2D eigenvalue weighted by Gasteiger charge is -2.23. The summed E-state index contributed by atoms with van der Waals surface area (Å²) in [6.45, 7) is 5.78. The van der Waals surface area contributed by atoms with E-state index in [9.17, 15) is 4.79 Å². The Labute approximate surface area is 89.9 Å². The second-order valence-electron chi connectivity index (χ2n) is 3.31. The number of anilines is 2. The van der Waals surface area contributed by atoms with Crippen LogP contribution in [0.5, 0.6) is 0 Å². The van der Waals surface area contributed by atoms with Crippen LogP contribution in [0.25, 0.3) is 0 Å². The first kappa shape index (κ1) is 11.4. The third-order valence-corrected chi connectivity index (χ3v) is 2.42. The summed E-state index contributed by atoms with van der Waals surface area (Å²) in [5, 5.41) is 0. The molecule has 0 aliphatic rings. The molecule has 4 N–H and O–H groups in total. The van der Waals surface area contributed by atoms with Crippen molar-refractivity contribution in [3.63, 3.8) is 0 Å². The van der Waals surface area contributed by atoms with Gasteiger partial charge in [0.1, 0.15) is 0 Å². The molecule has 1 aromatic rings. The molecule has 1 rings (SSSR count). The minimum Gasteiger partial charge on any atom is -0.397 e. The topological polar surface area (TPSA) is 72.3 Å². The van der Waals surface area contributed by atoms with Crippen LogP contribution in [-0.2, 0) is 0 Å². The maximum Gasteiger partial charge on any atom is 0.248 e. The Bertz CT molecular complexity index is 359. The van der Waals surface area contributed by atoms with Crippen molar-refractivity contribution in [3.05, 3.63) is 23.8 Å². The van der Waals surface area contributed by atoms with Crippen LogP contribution in [-0.4, -0.2) is 19.0 Å². The molecule has 15 heavy (non-hydrogen) atoms. The molecule has 0 bridgehead atoms. The van der Waals surface area contributed by atoms with Gasteiger partial charge in [0.15, 0.2) is 0 Å². The third-order valence-electron chi connectivity index (χ3n) is 2.42. The van der Waals surface area contributed by atoms with Crippen LogP contribution in [0.4, 0.5) is 11.4 Å². The minimum absolute atomic E-state index is 0.427. The van der Waals surface area contributed by atoms with Crippen LogP contribution < -0.4 is 16.4 Å². The summed E-state index contributed by atoms with van der Waals surface area (Å²) in [7, 11) is 0. The second kappa shape index (κ2) is 4.68. The van der Waals surface area contributed by atoms with Gasteiger partial charge in [-0.15, -0.1) is 0 Å². The molecule has 0 heterocycles. The van der Waals surface area contributed by atoms with Gasteiger partial charge < -0.3 is 16.4 Å². The normalized spacial score (nSPS) is 10.0. The number of carbonyl (C=O) groups excluding carboxylic acids is 1. The first-order chi connectivity index (χ1) is 7.10. The SMILES string of the molecule is CCN(CC)c1cc(C(N)=O)ccc1N. The van der Waals surface area contributed by atoms with Crippen LogP contribution in [0.1, 0.15) is 24.2 Å². The quantitative estimate of drug-likeness (QED) is 0.729. The van der Waals surface area contributed by atoms with Crippen LogP contribution >= 0.6 is 0 Å². The molecule has 0 unspecified atom stereocenters. The highest BCUT2D eigenvalue weighted by atomic mass is 16.1. The van der Waals surface area contributed by atoms with Crippen molar-refractivity contribution in [2.45, 2.75) is 13.8 Å². The second-order valence-corrected chi connectivity index (χ2v) is 3.31. The Kier molecular flexibility index (Phi) is 3.55. The van der Waals surface area contributed by atoms with Crippen molar-refractivity contribution in [2.24, 2.45) is 5.73 Å². The van der Waals surface area contributed by atoms with Crippen molar-refractivity contribution in [1.82, 2.24) is 0 Å². The van der Waals surface area contributed by atoms with E-state index in [4.69, 9.17) is 11.5 Å². The lowest BCUT2D eigenvalue weighted by molar-refractivity contribution is 0.100. The number of nitrogens with zero attached hydrogens (tertiary/aromatic N) is 1. The molecule has 0 saturated carbocycles. The summed E-state index contributed by atoms with van der Waals surface area (Å²) >= 11 is 0. The van der Waals surface area contributed by atoms with Gasteiger partial charge in [0, 0.05) is 18.7 Å². The maximum atomic E-state index is 11.0. The monoisotopic (exact) mass is 207 g/mol. The first-order valence-corrected chi connectivity index (χ1v) is 5.04. The molecular formula is C11H17N3O. The summed E-state index contributed by atoms with van der Waals surface area (Å²) < 4.78 is 0. The molecule has 4 heteroatoms. The number of hydrogen-bond donors (Lipinski definition) is 2. The van der Waals surface area contributed by atoms with E-state index in [2.05, 4.69) is 4.90 Å². The van der Waals surface area contributed by atoms with Crippen LogP contribution in [0, 0.1) is 0 Å². The van der Waals surface area contributed by atoms with Gasteiger partial charge in [-0.1, -0.05) is 0 Å². The van der Waals surface area contributed by atoms with Crippen molar-refractivity contribution < 1.29 is 4.79 Å². The predicted octanol–water partition coefficient (Wildman–Crippen LogP) is 1.21. The van der Waals surface area contributed by atoms with Crippen LogP contribution in [0.2, 0.25) is 0 Å². The zero-order valence-electron chi connectivity index (χ0n) is 9.16. The number of amides is 1. The number of nitrogen functional groups attached to an aromatic ring is 1. The summed E-state index contributed by atoms with van der Waals surface area (Å²) in [5.74, 6) is -0.427. The lowest BCUT2D eigenvalue weighted by Crippen LogP contribution is -2.23. The Hall–Kier alpha value is -1.71. The van der Waals surface area contributed by atoms with Crippen molar-refractivity contribution in [3.8, 4) is 0 Å². The fourth-order valence-corrected chi connectivity index (χ4v) is 1.54. The summed E-state index contributed by atoms with van der Waals surface area (Å²) in [6, 6.07) is 5.10. The molecule has 0 spiro atoms. The average Bonchev–Trinajstić information content (AvgIpc) is 2.22. The van der Waals surface area contributed by atoms with Crippen molar-refractivity contribution in [1.29, 1.82) is 0 Å². The Morgan fingerprint density at radius 2 is 1.93 bits per heavy atom. The fourth-order valence-electron chi connectivity index (χ4n) is 1.54. The largest absolute Gasteiger partial charge is 0.397 e. The molecule has 0 radical (unpaired) electrons. The highest BCUT2D eigenvalue weighted by Gasteiger charge is 2.09. The zero-order valence-corrected chi connectivity index (χ0v) is 9.16. The molecule has 0 aliphatic heterocycles. The van der Waals surface area contributed by atoms with E-state index in [-0.39, 0.29) is 0 Å². The molecule has 4 nitrogen and oxygen atoms in total. The zero-order chi connectivity index (χ0) is 11.4. The van der Waals surface area contributed by atoms with Gasteiger partial charge >= 0.3 is 0 Å². The van der Waals surface area contributed by atoms with Gasteiger partial charge in [0.05, 0.1) is 11.4 Å². The van der Waals surface area contributed by atoms with Gasteiger partial charge in [-0.3, -0.25) is 4.79 Å². The number of hydrogen-bond acceptors (Lipinski definition) is 3. The van der Waals surface area contributed by atoms with Gasteiger partial charge in [0.2, 0.25) is 5.91 Å².